The first-order valence-corrected chi connectivity index (χ1v) is 8.33. The Morgan fingerprint density at radius 3 is 2.65 bits per heavy atom. The number of aromatic nitrogens is 2. The van der Waals surface area contributed by atoms with Crippen molar-refractivity contribution >= 4 is 22.8 Å². The van der Waals surface area contributed by atoms with E-state index >= 15 is 0 Å². The molecule has 0 atom stereocenters. The zero-order valence-corrected chi connectivity index (χ0v) is 14.7. The second-order valence-corrected chi connectivity index (χ2v) is 5.73. The number of carbonyl (C=O) groups is 1. The fourth-order valence-corrected chi connectivity index (χ4v) is 2.58. The SMILES string of the molecule is CCn1c(NNC(=O)COc2ccccc2C)nc2ccccc2c1=O. The lowest BCUT2D eigenvalue weighted by atomic mass is 10.2. The zero-order valence-electron chi connectivity index (χ0n) is 14.7. The molecule has 0 saturated heterocycles. The van der Waals surface area contributed by atoms with E-state index in [0.29, 0.717) is 23.2 Å². The van der Waals surface area contributed by atoms with Crippen molar-refractivity contribution in [3.63, 3.8) is 0 Å². The van der Waals surface area contributed by atoms with E-state index in [1.54, 1.807) is 24.3 Å². The number of rotatable bonds is 6. The number of hydrazine groups is 1. The topological polar surface area (TPSA) is 85.2 Å². The van der Waals surface area contributed by atoms with Crippen LogP contribution in [0.5, 0.6) is 5.75 Å². The maximum atomic E-state index is 12.5. The molecule has 0 aliphatic rings. The highest BCUT2D eigenvalue weighted by atomic mass is 16.5. The normalized spacial score (nSPS) is 10.5. The Bertz CT molecular complexity index is 997. The predicted molar refractivity (Wildman–Crippen MR) is 100 cm³/mol. The van der Waals surface area contributed by atoms with Crippen molar-refractivity contribution < 1.29 is 9.53 Å². The van der Waals surface area contributed by atoms with Gasteiger partial charge in [-0.15, -0.1) is 0 Å². The van der Waals surface area contributed by atoms with E-state index in [-0.39, 0.29) is 24.0 Å². The minimum atomic E-state index is -0.377. The highest BCUT2D eigenvalue weighted by molar-refractivity contribution is 5.80. The summed E-state index contributed by atoms with van der Waals surface area (Å²) in [6.45, 7) is 4.02. The van der Waals surface area contributed by atoms with Crippen LogP contribution in [0.2, 0.25) is 0 Å². The first-order chi connectivity index (χ1) is 12.6. The highest BCUT2D eigenvalue weighted by Crippen LogP contribution is 2.15. The van der Waals surface area contributed by atoms with Crippen LogP contribution in [-0.4, -0.2) is 22.1 Å². The van der Waals surface area contributed by atoms with Gasteiger partial charge >= 0.3 is 0 Å². The molecule has 1 amide bonds. The number of ether oxygens (including phenoxy) is 1. The number of nitrogens with one attached hydrogen (secondary N) is 2. The molecule has 1 heterocycles. The molecule has 0 spiro atoms. The van der Waals surface area contributed by atoms with Crippen LogP contribution in [0.4, 0.5) is 5.95 Å². The Balaban J connectivity index is 1.70. The van der Waals surface area contributed by atoms with Crippen molar-refractivity contribution in [2.24, 2.45) is 0 Å². The summed E-state index contributed by atoms with van der Waals surface area (Å²) in [5.74, 6) is 0.552. The van der Waals surface area contributed by atoms with E-state index < -0.39 is 0 Å². The van der Waals surface area contributed by atoms with Crippen molar-refractivity contribution in [3.05, 3.63) is 64.4 Å². The molecule has 3 rings (SSSR count). The maximum Gasteiger partial charge on any atom is 0.276 e. The summed E-state index contributed by atoms with van der Waals surface area (Å²) in [5.41, 5.74) is 6.59. The van der Waals surface area contributed by atoms with Crippen LogP contribution in [0.25, 0.3) is 10.9 Å². The van der Waals surface area contributed by atoms with Gasteiger partial charge in [0.15, 0.2) is 6.61 Å². The maximum absolute atomic E-state index is 12.5. The monoisotopic (exact) mass is 352 g/mol. The van der Waals surface area contributed by atoms with Crippen molar-refractivity contribution in [3.8, 4) is 5.75 Å². The Kier molecular flexibility index (Phi) is 5.17. The lowest BCUT2D eigenvalue weighted by Crippen LogP contribution is -2.37. The molecule has 7 nitrogen and oxygen atoms in total. The van der Waals surface area contributed by atoms with E-state index in [2.05, 4.69) is 15.8 Å². The molecule has 0 bridgehead atoms. The summed E-state index contributed by atoms with van der Waals surface area (Å²) < 4.78 is 6.96. The second kappa shape index (κ2) is 7.69. The molecular formula is C19H20N4O3. The number of nitrogens with zero attached hydrogens (tertiary/aromatic N) is 2. The average Bonchev–Trinajstić information content (AvgIpc) is 2.66. The van der Waals surface area contributed by atoms with Gasteiger partial charge in [0.05, 0.1) is 10.9 Å². The molecule has 26 heavy (non-hydrogen) atoms. The van der Waals surface area contributed by atoms with Crippen molar-refractivity contribution in [2.75, 3.05) is 12.0 Å². The van der Waals surface area contributed by atoms with Gasteiger partial charge in [-0.3, -0.25) is 25.0 Å². The number of benzene rings is 2. The first kappa shape index (κ1) is 17.5. The molecule has 0 fully saturated rings. The summed E-state index contributed by atoms with van der Waals surface area (Å²) >= 11 is 0. The van der Waals surface area contributed by atoms with Crippen LogP contribution in [0.15, 0.2) is 53.3 Å². The van der Waals surface area contributed by atoms with E-state index in [1.165, 1.54) is 4.57 Å². The lowest BCUT2D eigenvalue weighted by molar-refractivity contribution is -0.122. The van der Waals surface area contributed by atoms with Gasteiger partial charge in [-0.05, 0) is 37.6 Å². The Morgan fingerprint density at radius 1 is 1.15 bits per heavy atom. The fraction of sp³-hybridized carbons (Fsp3) is 0.211. The predicted octanol–water partition coefficient (Wildman–Crippen LogP) is 2.25. The second-order valence-electron chi connectivity index (χ2n) is 5.73. The minimum absolute atomic E-state index is 0.151. The molecule has 0 radical (unpaired) electrons. The van der Waals surface area contributed by atoms with Crippen molar-refractivity contribution in [1.82, 2.24) is 15.0 Å². The molecule has 0 aliphatic carbocycles. The average molecular weight is 352 g/mol. The van der Waals surface area contributed by atoms with Gasteiger partial charge in [-0.1, -0.05) is 30.3 Å². The van der Waals surface area contributed by atoms with Gasteiger partial charge in [0, 0.05) is 6.54 Å². The minimum Gasteiger partial charge on any atom is -0.483 e. The summed E-state index contributed by atoms with van der Waals surface area (Å²) in [6.07, 6.45) is 0. The number of carbonyl (C=O) groups excluding carboxylic acids is 1. The smallest absolute Gasteiger partial charge is 0.276 e. The van der Waals surface area contributed by atoms with Crippen LogP contribution in [0.1, 0.15) is 12.5 Å². The zero-order chi connectivity index (χ0) is 18.5. The molecule has 1 aromatic heterocycles. The third kappa shape index (κ3) is 3.66. The van der Waals surface area contributed by atoms with Crippen molar-refractivity contribution in [1.29, 1.82) is 0 Å². The molecular weight excluding hydrogens is 332 g/mol. The van der Waals surface area contributed by atoms with Crippen LogP contribution < -0.4 is 21.1 Å². The van der Waals surface area contributed by atoms with E-state index in [9.17, 15) is 9.59 Å². The number of fused-ring (bicyclic) bond motifs is 1. The quantitative estimate of drug-likeness (QED) is 0.665. The van der Waals surface area contributed by atoms with Gasteiger partial charge in [0.25, 0.3) is 11.5 Å². The van der Waals surface area contributed by atoms with Crippen LogP contribution >= 0.6 is 0 Å². The number of amides is 1. The number of aryl methyl sites for hydroxylation is 1. The number of anilines is 1. The molecule has 0 aliphatic heterocycles. The Labute approximate surface area is 150 Å². The summed E-state index contributed by atoms with van der Waals surface area (Å²) in [4.78, 5) is 29.0. The fourth-order valence-electron chi connectivity index (χ4n) is 2.58. The highest BCUT2D eigenvalue weighted by Gasteiger charge is 2.11. The van der Waals surface area contributed by atoms with Crippen molar-refractivity contribution in [2.45, 2.75) is 20.4 Å². The van der Waals surface area contributed by atoms with Gasteiger partial charge < -0.3 is 4.74 Å². The number of hydrogen-bond donors (Lipinski definition) is 2. The largest absolute Gasteiger partial charge is 0.483 e. The lowest BCUT2D eigenvalue weighted by Gasteiger charge is -2.14. The van der Waals surface area contributed by atoms with E-state index in [1.807, 2.05) is 38.1 Å². The first-order valence-electron chi connectivity index (χ1n) is 8.33. The standard InChI is InChI=1S/C19H20N4O3/c1-3-23-18(25)14-9-5-6-10-15(14)20-19(23)22-21-17(24)12-26-16-11-7-4-8-13(16)2/h4-11H,3,12H2,1-2H3,(H,20,22)(H,21,24). The molecule has 0 unspecified atom stereocenters. The molecule has 3 aromatic rings. The molecule has 7 heteroatoms. The van der Waals surface area contributed by atoms with Crippen LogP contribution in [-0.2, 0) is 11.3 Å². The summed E-state index contributed by atoms with van der Waals surface area (Å²) in [6, 6.07) is 14.5. The summed E-state index contributed by atoms with van der Waals surface area (Å²) in [5, 5.41) is 0.536. The molecule has 2 N–H and O–H groups in total. The van der Waals surface area contributed by atoms with Crippen LogP contribution in [0, 0.1) is 6.92 Å². The third-order valence-corrected chi connectivity index (χ3v) is 3.94. The Morgan fingerprint density at radius 2 is 1.88 bits per heavy atom. The van der Waals surface area contributed by atoms with Gasteiger partial charge in [0.2, 0.25) is 5.95 Å². The molecule has 134 valence electrons. The number of para-hydroxylation sites is 2. The van der Waals surface area contributed by atoms with Crippen LogP contribution in [0.3, 0.4) is 0 Å². The van der Waals surface area contributed by atoms with E-state index in [0.717, 1.165) is 5.56 Å². The number of hydrogen-bond acceptors (Lipinski definition) is 5. The van der Waals surface area contributed by atoms with Gasteiger partial charge in [-0.2, -0.15) is 0 Å². The molecule has 0 saturated carbocycles. The molecule has 2 aromatic carbocycles. The third-order valence-electron chi connectivity index (χ3n) is 3.94. The summed E-state index contributed by atoms with van der Waals surface area (Å²) in [7, 11) is 0. The van der Waals surface area contributed by atoms with E-state index in [4.69, 9.17) is 4.74 Å². The Hall–Kier alpha value is -3.35. The van der Waals surface area contributed by atoms with Gasteiger partial charge in [-0.25, -0.2) is 4.98 Å². The van der Waals surface area contributed by atoms with Gasteiger partial charge in [0.1, 0.15) is 5.75 Å².